The molecule has 0 N–H and O–H groups in total. The fourth-order valence-electron chi connectivity index (χ4n) is 4.08. The predicted molar refractivity (Wildman–Crippen MR) is 122 cm³/mol. The van der Waals surface area contributed by atoms with Crippen LogP contribution in [0.1, 0.15) is 41.0 Å². The van der Waals surface area contributed by atoms with Crippen LogP contribution in [0.4, 0.5) is 4.39 Å². The van der Waals surface area contributed by atoms with Crippen LogP contribution >= 0.6 is 0 Å². The summed E-state index contributed by atoms with van der Waals surface area (Å²) in [4.78, 5) is 24.8. The van der Waals surface area contributed by atoms with Crippen LogP contribution < -0.4 is 9.47 Å². The average Bonchev–Trinajstić information content (AvgIpc) is 2.81. The lowest BCUT2D eigenvalue weighted by molar-refractivity contribution is 0.0474. The zero-order valence-corrected chi connectivity index (χ0v) is 20.4. The molecule has 1 aliphatic heterocycles. The summed E-state index contributed by atoms with van der Waals surface area (Å²) < 4.78 is 57.1. The van der Waals surface area contributed by atoms with Gasteiger partial charge in [0.1, 0.15) is 10.6 Å². The van der Waals surface area contributed by atoms with Crippen molar-refractivity contribution in [3.63, 3.8) is 0 Å². The number of Topliss-reactive ketones (excluding diaryl/α,β-unsaturated/α-hetero) is 1. The highest BCUT2D eigenvalue weighted by molar-refractivity contribution is 7.89. The molecule has 1 heterocycles. The van der Waals surface area contributed by atoms with Crippen LogP contribution in [-0.4, -0.2) is 58.4 Å². The van der Waals surface area contributed by atoms with Crippen molar-refractivity contribution in [3.8, 4) is 11.5 Å². The smallest absolute Gasteiger partial charge is 0.338 e. The fourth-order valence-corrected chi connectivity index (χ4v) is 5.95. The molecule has 2 atom stereocenters. The van der Waals surface area contributed by atoms with E-state index in [0.717, 1.165) is 12.5 Å². The minimum Gasteiger partial charge on any atom is -0.495 e. The Morgan fingerprint density at radius 3 is 2.15 bits per heavy atom. The molecule has 3 rings (SSSR count). The maximum atomic E-state index is 13.8. The second-order valence-corrected chi connectivity index (χ2v) is 10.4. The van der Waals surface area contributed by atoms with Gasteiger partial charge in [-0.3, -0.25) is 4.79 Å². The van der Waals surface area contributed by atoms with Gasteiger partial charge in [0.25, 0.3) is 0 Å². The molecular weight excluding hydrogens is 465 g/mol. The molecule has 0 spiro atoms. The van der Waals surface area contributed by atoms with Crippen LogP contribution in [-0.2, 0) is 14.8 Å². The highest BCUT2D eigenvalue weighted by Gasteiger charge is 2.34. The third kappa shape index (κ3) is 5.56. The van der Waals surface area contributed by atoms with E-state index in [4.69, 9.17) is 14.2 Å². The molecule has 2 aromatic rings. The Hall–Kier alpha value is -2.98. The molecule has 1 aliphatic rings. The molecular formula is C24H28FNO7S. The number of piperidine rings is 1. The molecule has 1 fully saturated rings. The molecule has 0 saturated carbocycles. The van der Waals surface area contributed by atoms with Gasteiger partial charge in [0.15, 0.2) is 24.0 Å². The Morgan fingerprint density at radius 1 is 0.971 bits per heavy atom. The molecule has 0 aromatic heterocycles. The maximum absolute atomic E-state index is 13.8. The first-order valence-corrected chi connectivity index (χ1v) is 12.2. The van der Waals surface area contributed by atoms with Crippen molar-refractivity contribution >= 4 is 21.8 Å². The van der Waals surface area contributed by atoms with Gasteiger partial charge < -0.3 is 14.2 Å². The Labute approximate surface area is 198 Å². The average molecular weight is 494 g/mol. The van der Waals surface area contributed by atoms with Gasteiger partial charge in [0, 0.05) is 18.7 Å². The number of ether oxygens (including phenoxy) is 3. The van der Waals surface area contributed by atoms with Gasteiger partial charge >= 0.3 is 5.97 Å². The quantitative estimate of drug-likeness (QED) is 0.410. The molecule has 0 bridgehead atoms. The summed E-state index contributed by atoms with van der Waals surface area (Å²) in [5.41, 5.74) is -0.0383. The summed E-state index contributed by atoms with van der Waals surface area (Å²) in [6.45, 7) is 4.10. The lowest BCUT2D eigenvalue weighted by Crippen LogP contribution is -2.42. The molecule has 34 heavy (non-hydrogen) atoms. The number of ketones is 1. The van der Waals surface area contributed by atoms with Crippen molar-refractivity contribution in [2.75, 3.05) is 33.9 Å². The molecule has 8 nitrogen and oxygen atoms in total. The molecule has 0 radical (unpaired) electrons. The second kappa shape index (κ2) is 10.5. The van der Waals surface area contributed by atoms with E-state index in [1.807, 2.05) is 13.8 Å². The van der Waals surface area contributed by atoms with Crippen molar-refractivity contribution in [2.24, 2.45) is 11.8 Å². The standard InChI is InChI=1S/C24H28FNO7S/c1-15-9-16(2)13-26(12-15)34(29,30)23-11-18(6-8-22(23)32-4)24(28)33-14-20(27)17-5-7-21(31-3)19(25)10-17/h5-8,10-11,15-16H,9,12-14H2,1-4H3. The third-order valence-electron chi connectivity index (χ3n) is 5.66. The maximum Gasteiger partial charge on any atom is 0.338 e. The van der Waals surface area contributed by atoms with Gasteiger partial charge in [-0.25, -0.2) is 17.6 Å². The van der Waals surface area contributed by atoms with Crippen molar-refractivity contribution < 1.29 is 36.6 Å². The zero-order chi connectivity index (χ0) is 25.0. The number of sulfonamides is 1. The Morgan fingerprint density at radius 2 is 1.56 bits per heavy atom. The summed E-state index contributed by atoms with van der Waals surface area (Å²) in [7, 11) is -1.28. The van der Waals surface area contributed by atoms with Crippen molar-refractivity contribution in [2.45, 2.75) is 25.2 Å². The van der Waals surface area contributed by atoms with Crippen LogP contribution in [0, 0.1) is 17.7 Å². The second-order valence-electron chi connectivity index (χ2n) is 8.48. The van der Waals surface area contributed by atoms with Gasteiger partial charge in [-0.1, -0.05) is 13.8 Å². The van der Waals surface area contributed by atoms with Crippen LogP contribution in [0.2, 0.25) is 0 Å². The number of carbonyl (C=O) groups excluding carboxylic acids is 2. The molecule has 10 heteroatoms. The number of rotatable bonds is 8. The molecule has 0 amide bonds. The molecule has 184 valence electrons. The number of methoxy groups -OCH3 is 2. The summed E-state index contributed by atoms with van der Waals surface area (Å²) in [6, 6.07) is 7.58. The minimum atomic E-state index is -3.93. The summed E-state index contributed by atoms with van der Waals surface area (Å²) in [5.74, 6) is -1.73. The van der Waals surface area contributed by atoms with Crippen LogP contribution in [0.15, 0.2) is 41.3 Å². The summed E-state index contributed by atoms with van der Waals surface area (Å²) in [6.07, 6.45) is 0.932. The summed E-state index contributed by atoms with van der Waals surface area (Å²) in [5, 5.41) is 0. The monoisotopic (exact) mass is 493 g/mol. The van der Waals surface area contributed by atoms with Crippen LogP contribution in [0.5, 0.6) is 11.5 Å². The van der Waals surface area contributed by atoms with Gasteiger partial charge in [0.05, 0.1) is 19.8 Å². The highest BCUT2D eigenvalue weighted by atomic mass is 32.2. The first-order chi connectivity index (χ1) is 16.1. The fraction of sp³-hybridized carbons (Fsp3) is 0.417. The summed E-state index contributed by atoms with van der Waals surface area (Å²) >= 11 is 0. The topological polar surface area (TPSA) is 99.2 Å². The lowest BCUT2D eigenvalue weighted by Gasteiger charge is -2.34. The third-order valence-corrected chi connectivity index (χ3v) is 7.51. The van der Waals surface area contributed by atoms with E-state index in [9.17, 15) is 22.4 Å². The number of nitrogens with zero attached hydrogens (tertiary/aromatic N) is 1. The van der Waals surface area contributed by atoms with Crippen molar-refractivity contribution in [1.82, 2.24) is 4.31 Å². The van der Waals surface area contributed by atoms with Crippen LogP contribution in [0.25, 0.3) is 0 Å². The molecule has 2 unspecified atom stereocenters. The van der Waals surface area contributed by atoms with Gasteiger partial charge in [-0.2, -0.15) is 4.31 Å². The van der Waals surface area contributed by atoms with Gasteiger partial charge in [-0.05, 0) is 54.7 Å². The normalized spacial score (nSPS) is 18.9. The zero-order valence-electron chi connectivity index (χ0n) is 19.5. The number of carbonyl (C=O) groups is 2. The molecule has 1 saturated heterocycles. The van der Waals surface area contributed by atoms with Gasteiger partial charge in [0.2, 0.25) is 10.0 Å². The number of halogens is 1. The lowest BCUT2D eigenvalue weighted by atomic mass is 9.94. The highest BCUT2D eigenvalue weighted by Crippen LogP contribution is 2.32. The van der Waals surface area contributed by atoms with E-state index >= 15 is 0 Å². The van der Waals surface area contributed by atoms with Gasteiger partial charge in [-0.15, -0.1) is 0 Å². The molecule has 0 aliphatic carbocycles. The van der Waals surface area contributed by atoms with E-state index in [2.05, 4.69) is 0 Å². The largest absolute Gasteiger partial charge is 0.495 e. The minimum absolute atomic E-state index is 0.0115. The van der Waals surface area contributed by atoms with E-state index in [1.165, 1.54) is 48.9 Å². The van der Waals surface area contributed by atoms with Crippen molar-refractivity contribution in [3.05, 3.63) is 53.3 Å². The molecule has 2 aromatic carbocycles. The number of hydrogen-bond acceptors (Lipinski definition) is 7. The van der Waals surface area contributed by atoms with E-state index in [-0.39, 0.29) is 39.4 Å². The first-order valence-electron chi connectivity index (χ1n) is 10.8. The van der Waals surface area contributed by atoms with E-state index in [1.54, 1.807) is 0 Å². The Balaban J connectivity index is 1.78. The van der Waals surface area contributed by atoms with E-state index < -0.39 is 34.2 Å². The first kappa shape index (κ1) is 25.6. The Bertz CT molecular complexity index is 1170. The number of hydrogen-bond donors (Lipinski definition) is 0. The Kier molecular flexibility index (Phi) is 7.93. The van der Waals surface area contributed by atoms with Crippen molar-refractivity contribution in [1.29, 1.82) is 0 Å². The van der Waals surface area contributed by atoms with E-state index in [0.29, 0.717) is 13.1 Å². The predicted octanol–water partition coefficient (Wildman–Crippen LogP) is 3.55. The van der Waals surface area contributed by atoms with Crippen LogP contribution in [0.3, 0.4) is 0 Å². The number of benzene rings is 2. The SMILES string of the molecule is COc1ccc(C(=O)COC(=O)c2ccc(OC)c(S(=O)(=O)N3CC(C)CC(C)C3)c2)cc1F. The number of esters is 1.